The van der Waals surface area contributed by atoms with Crippen LogP contribution in [0.2, 0.25) is 0 Å². The van der Waals surface area contributed by atoms with Crippen LogP contribution in [0.4, 0.5) is 0 Å². The topological polar surface area (TPSA) is 65.0 Å². The van der Waals surface area contributed by atoms with E-state index >= 15 is 0 Å². The van der Waals surface area contributed by atoms with E-state index in [1.807, 2.05) is 14.0 Å². The Kier molecular flexibility index (Phi) is 8.21. The molecule has 0 unspecified atom stereocenters. The minimum Gasteiger partial charge on any atom is -0.356 e. The highest BCUT2D eigenvalue weighted by Gasteiger charge is 2.13. The van der Waals surface area contributed by atoms with Gasteiger partial charge in [-0.2, -0.15) is 0 Å². The van der Waals surface area contributed by atoms with Gasteiger partial charge in [0.05, 0.1) is 6.26 Å². The first-order valence-electron chi connectivity index (χ1n) is 8.20. The standard InChI is InChI=1S/C17H30N4O2S/c1-6-21(24(5,22)23)13-7-12-19-17(18-3)20(4)14-16-10-8-15(2)9-11-16/h8-11H,6-7,12-14H2,1-5H3,(H,18,19). The van der Waals surface area contributed by atoms with E-state index in [4.69, 9.17) is 0 Å². The maximum Gasteiger partial charge on any atom is 0.211 e. The van der Waals surface area contributed by atoms with Crippen LogP contribution in [0.3, 0.4) is 0 Å². The molecule has 0 radical (unpaired) electrons. The number of benzene rings is 1. The second-order valence-electron chi connectivity index (χ2n) is 5.92. The highest BCUT2D eigenvalue weighted by molar-refractivity contribution is 7.88. The van der Waals surface area contributed by atoms with E-state index in [0.29, 0.717) is 19.6 Å². The van der Waals surface area contributed by atoms with Gasteiger partial charge in [0.25, 0.3) is 0 Å². The minimum absolute atomic E-state index is 0.501. The molecule has 0 fully saturated rings. The van der Waals surface area contributed by atoms with Crippen molar-refractivity contribution in [3.63, 3.8) is 0 Å². The Bertz CT molecular complexity index is 626. The molecule has 0 saturated carbocycles. The number of nitrogens with zero attached hydrogens (tertiary/aromatic N) is 3. The third-order valence-corrected chi connectivity index (χ3v) is 5.18. The van der Waals surface area contributed by atoms with Crippen molar-refractivity contribution >= 4 is 16.0 Å². The first-order valence-corrected chi connectivity index (χ1v) is 10.0. The number of aryl methyl sites for hydroxylation is 1. The normalized spacial score (nSPS) is 12.5. The average Bonchev–Trinajstić information content (AvgIpc) is 2.51. The Morgan fingerprint density at radius 1 is 1.25 bits per heavy atom. The van der Waals surface area contributed by atoms with Crippen LogP contribution in [-0.2, 0) is 16.6 Å². The molecule has 0 atom stereocenters. The number of sulfonamides is 1. The second-order valence-corrected chi connectivity index (χ2v) is 7.91. The van der Waals surface area contributed by atoms with Crippen molar-refractivity contribution in [2.75, 3.05) is 40.0 Å². The molecule has 1 aromatic carbocycles. The molecule has 7 heteroatoms. The zero-order chi connectivity index (χ0) is 18.2. The first kappa shape index (κ1) is 20.4. The Labute approximate surface area is 146 Å². The summed E-state index contributed by atoms with van der Waals surface area (Å²) >= 11 is 0. The lowest BCUT2D eigenvalue weighted by molar-refractivity contribution is 0.419. The molecule has 136 valence electrons. The van der Waals surface area contributed by atoms with E-state index in [1.54, 1.807) is 7.05 Å². The van der Waals surface area contributed by atoms with Gasteiger partial charge in [0.2, 0.25) is 10.0 Å². The number of hydrogen-bond acceptors (Lipinski definition) is 3. The summed E-state index contributed by atoms with van der Waals surface area (Å²) in [6.07, 6.45) is 1.98. The molecule has 0 aliphatic heterocycles. The van der Waals surface area contributed by atoms with Crippen LogP contribution >= 0.6 is 0 Å². The fourth-order valence-corrected chi connectivity index (χ4v) is 3.37. The van der Waals surface area contributed by atoms with Gasteiger partial charge in [-0.1, -0.05) is 36.8 Å². The molecule has 0 bridgehead atoms. The summed E-state index contributed by atoms with van der Waals surface area (Å²) in [6, 6.07) is 8.43. The molecule has 0 saturated heterocycles. The molecule has 1 rings (SSSR count). The lowest BCUT2D eigenvalue weighted by atomic mass is 10.1. The summed E-state index contributed by atoms with van der Waals surface area (Å²) in [5.74, 6) is 0.804. The summed E-state index contributed by atoms with van der Waals surface area (Å²) in [7, 11) is 0.626. The van der Waals surface area contributed by atoms with Gasteiger partial charge in [-0.05, 0) is 18.9 Å². The van der Waals surface area contributed by atoms with Crippen molar-refractivity contribution in [1.82, 2.24) is 14.5 Å². The van der Waals surface area contributed by atoms with Crippen molar-refractivity contribution in [2.24, 2.45) is 4.99 Å². The van der Waals surface area contributed by atoms with Gasteiger partial charge in [0, 0.05) is 40.3 Å². The van der Waals surface area contributed by atoms with Crippen LogP contribution in [-0.4, -0.2) is 63.6 Å². The monoisotopic (exact) mass is 354 g/mol. The molecule has 0 spiro atoms. The fourth-order valence-electron chi connectivity index (χ4n) is 2.44. The molecule has 0 heterocycles. The summed E-state index contributed by atoms with van der Waals surface area (Å²) in [4.78, 5) is 6.34. The van der Waals surface area contributed by atoms with E-state index < -0.39 is 10.0 Å². The van der Waals surface area contributed by atoms with E-state index in [1.165, 1.54) is 21.7 Å². The van der Waals surface area contributed by atoms with Gasteiger partial charge in [0.15, 0.2) is 5.96 Å². The molecule has 0 amide bonds. The molecular formula is C17H30N4O2S. The van der Waals surface area contributed by atoms with E-state index in [2.05, 4.69) is 46.4 Å². The van der Waals surface area contributed by atoms with Crippen molar-refractivity contribution in [1.29, 1.82) is 0 Å². The maximum absolute atomic E-state index is 11.6. The Hall–Kier alpha value is -1.60. The Morgan fingerprint density at radius 2 is 1.88 bits per heavy atom. The van der Waals surface area contributed by atoms with Crippen molar-refractivity contribution in [2.45, 2.75) is 26.8 Å². The molecule has 0 aromatic heterocycles. The highest BCUT2D eigenvalue weighted by atomic mass is 32.2. The number of guanidine groups is 1. The number of nitrogens with one attached hydrogen (secondary N) is 1. The summed E-state index contributed by atoms with van der Waals surface area (Å²) in [5.41, 5.74) is 2.47. The molecule has 1 aromatic rings. The molecule has 0 aliphatic rings. The Morgan fingerprint density at radius 3 is 2.38 bits per heavy atom. The average molecular weight is 355 g/mol. The largest absolute Gasteiger partial charge is 0.356 e. The molecule has 24 heavy (non-hydrogen) atoms. The van der Waals surface area contributed by atoms with E-state index in [9.17, 15) is 8.42 Å². The van der Waals surface area contributed by atoms with Gasteiger partial charge in [0.1, 0.15) is 0 Å². The van der Waals surface area contributed by atoms with Gasteiger partial charge in [-0.25, -0.2) is 12.7 Å². The van der Waals surface area contributed by atoms with Gasteiger partial charge < -0.3 is 10.2 Å². The second kappa shape index (κ2) is 9.64. The molecule has 0 aliphatic carbocycles. The van der Waals surface area contributed by atoms with Gasteiger partial charge in [-0.15, -0.1) is 0 Å². The maximum atomic E-state index is 11.6. The molecule has 6 nitrogen and oxygen atoms in total. The van der Waals surface area contributed by atoms with Crippen molar-refractivity contribution < 1.29 is 8.42 Å². The zero-order valence-electron chi connectivity index (χ0n) is 15.4. The lowest BCUT2D eigenvalue weighted by Crippen LogP contribution is -2.40. The minimum atomic E-state index is -3.12. The van der Waals surface area contributed by atoms with Crippen LogP contribution in [0, 0.1) is 6.92 Å². The third kappa shape index (κ3) is 6.88. The highest BCUT2D eigenvalue weighted by Crippen LogP contribution is 2.06. The van der Waals surface area contributed by atoms with Gasteiger partial charge >= 0.3 is 0 Å². The van der Waals surface area contributed by atoms with E-state index in [-0.39, 0.29) is 0 Å². The molecular weight excluding hydrogens is 324 g/mol. The van der Waals surface area contributed by atoms with Crippen molar-refractivity contribution in [3.8, 4) is 0 Å². The van der Waals surface area contributed by atoms with Crippen LogP contribution in [0.5, 0.6) is 0 Å². The molecule has 1 N–H and O–H groups in total. The number of hydrogen-bond donors (Lipinski definition) is 1. The van der Waals surface area contributed by atoms with Gasteiger partial charge in [-0.3, -0.25) is 4.99 Å². The Balaban J connectivity index is 2.45. The summed E-state index contributed by atoms with van der Waals surface area (Å²) < 4.78 is 24.6. The predicted octanol–water partition coefficient (Wildman–Crippen LogP) is 1.67. The number of aliphatic imine (C=N–C) groups is 1. The SMILES string of the molecule is CCN(CCCNC(=NC)N(C)Cc1ccc(C)cc1)S(C)(=O)=O. The van der Waals surface area contributed by atoms with Crippen LogP contribution < -0.4 is 5.32 Å². The van der Waals surface area contributed by atoms with Crippen LogP contribution in [0.15, 0.2) is 29.3 Å². The fraction of sp³-hybridized carbons (Fsp3) is 0.588. The quantitative estimate of drug-likeness (QED) is 0.438. The predicted molar refractivity (Wildman–Crippen MR) is 101 cm³/mol. The van der Waals surface area contributed by atoms with Crippen LogP contribution in [0.1, 0.15) is 24.5 Å². The van der Waals surface area contributed by atoms with Crippen molar-refractivity contribution in [3.05, 3.63) is 35.4 Å². The smallest absolute Gasteiger partial charge is 0.211 e. The van der Waals surface area contributed by atoms with Crippen LogP contribution in [0.25, 0.3) is 0 Å². The lowest BCUT2D eigenvalue weighted by Gasteiger charge is -2.23. The summed E-state index contributed by atoms with van der Waals surface area (Å²) in [6.45, 7) is 6.38. The summed E-state index contributed by atoms with van der Waals surface area (Å²) in [5, 5.41) is 3.29. The first-order chi connectivity index (χ1) is 11.3. The zero-order valence-corrected chi connectivity index (χ0v) is 16.2. The van der Waals surface area contributed by atoms with E-state index in [0.717, 1.165) is 18.9 Å². The third-order valence-electron chi connectivity index (χ3n) is 3.80. The number of rotatable bonds is 8.